The number of amides is 1. The van der Waals surface area contributed by atoms with Crippen LogP contribution >= 0.6 is 11.3 Å². The van der Waals surface area contributed by atoms with E-state index >= 15 is 0 Å². The second-order valence-electron chi connectivity index (χ2n) is 8.43. The number of nitrogens with zero attached hydrogens (tertiary/aromatic N) is 3. The number of thiophene rings is 1. The molecule has 0 radical (unpaired) electrons. The Bertz CT molecular complexity index is 1250. The predicted molar refractivity (Wildman–Crippen MR) is 125 cm³/mol. The third-order valence-corrected chi connectivity index (χ3v) is 9.55. The molecule has 1 saturated heterocycles. The first-order valence-electron chi connectivity index (χ1n) is 11.0. The third kappa shape index (κ3) is 3.89. The van der Waals surface area contributed by atoms with E-state index in [2.05, 4.69) is 5.32 Å². The van der Waals surface area contributed by atoms with Gasteiger partial charge in [-0.05, 0) is 63.3 Å². The molecule has 1 unspecified atom stereocenters. The van der Waals surface area contributed by atoms with Gasteiger partial charge in [0.05, 0.1) is 17.3 Å². The molecule has 2 aromatic heterocycles. The molecule has 1 aromatic carbocycles. The summed E-state index contributed by atoms with van der Waals surface area (Å²) >= 11 is 1.27. The molecule has 9 heteroatoms. The maximum atomic E-state index is 13.3. The number of anilines is 1. The van der Waals surface area contributed by atoms with Gasteiger partial charge in [0.1, 0.15) is 10.0 Å². The van der Waals surface area contributed by atoms with Crippen LogP contribution in [0.4, 0.5) is 5.82 Å². The van der Waals surface area contributed by atoms with Crippen molar-refractivity contribution in [3.63, 3.8) is 0 Å². The SMILES string of the molecule is Cc1ccc(S(=O)(=O)N2CCCC(C(=O)Nc3c4c(nn3-c3ccccc3)CCC4)C2)s1. The van der Waals surface area contributed by atoms with Gasteiger partial charge < -0.3 is 5.32 Å². The van der Waals surface area contributed by atoms with Crippen LogP contribution in [0.25, 0.3) is 5.69 Å². The van der Waals surface area contributed by atoms with E-state index in [0.717, 1.165) is 46.9 Å². The van der Waals surface area contributed by atoms with Crippen molar-refractivity contribution in [2.45, 2.75) is 43.2 Å². The molecular weight excluding hydrogens is 444 g/mol. The molecule has 1 aliphatic carbocycles. The van der Waals surface area contributed by atoms with Crippen LogP contribution in [0.1, 0.15) is 35.4 Å². The van der Waals surface area contributed by atoms with Gasteiger partial charge >= 0.3 is 0 Å². The molecule has 0 bridgehead atoms. The van der Waals surface area contributed by atoms with Gasteiger partial charge in [-0.2, -0.15) is 9.40 Å². The number of hydrogen-bond donors (Lipinski definition) is 1. The normalized spacial score (nSPS) is 19.1. The highest BCUT2D eigenvalue weighted by molar-refractivity contribution is 7.91. The molecule has 2 aliphatic rings. The average Bonchev–Trinajstić information content (AvgIpc) is 3.52. The highest BCUT2D eigenvalue weighted by Crippen LogP contribution is 2.33. The minimum Gasteiger partial charge on any atom is -0.310 e. The lowest BCUT2D eigenvalue weighted by molar-refractivity contribution is -0.120. The fourth-order valence-electron chi connectivity index (χ4n) is 4.55. The number of aromatic nitrogens is 2. The van der Waals surface area contributed by atoms with E-state index in [4.69, 9.17) is 5.10 Å². The first-order chi connectivity index (χ1) is 15.4. The lowest BCUT2D eigenvalue weighted by atomic mass is 9.99. The van der Waals surface area contributed by atoms with Crippen LogP contribution in [0.3, 0.4) is 0 Å². The summed E-state index contributed by atoms with van der Waals surface area (Å²) in [5, 5.41) is 7.87. The van der Waals surface area contributed by atoms with Gasteiger partial charge in [0.2, 0.25) is 5.91 Å². The summed E-state index contributed by atoms with van der Waals surface area (Å²) in [5.41, 5.74) is 3.03. The van der Waals surface area contributed by atoms with E-state index < -0.39 is 15.9 Å². The fourth-order valence-corrected chi connectivity index (χ4v) is 7.51. The maximum Gasteiger partial charge on any atom is 0.252 e. The van der Waals surface area contributed by atoms with Crippen molar-refractivity contribution in [1.29, 1.82) is 0 Å². The Morgan fingerprint density at radius 2 is 1.94 bits per heavy atom. The molecule has 1 aliphatic heterocycles. The monoisotopic (exact) mass is 470 g/mol. The van der Waals surface area contributed by atoms with E-state index in [0.29, 0.717) is 23.6 Å². The standard InChI is InChI=1S/C23H26N4O3S2/c1-16-12-13-21(31-16)32(29,30)26-14-6-7-17(15-26)23(28)24-22-19-10-5-11-20(19)25-27(22)18-8-3-2-4-9-18/h2-4,8-9,12-13,17H,5-7,10-11,14-15H2,1H3,(H,24,28). The first kappa shape index (κ1) is 21.4. The molecule has 32 heavy (non-hydrogen) atoms. The molecule has 1 amide bonds. The second kappa shape index (κ2) is 8.46. The zero-order valence-corrected chi connectivity index (χ0v) is 19.6. The van der Waals surface area contributed by atoms with Crippen molar-refractivity contribution in [1.82, 2.24) is 14.1 Å². The molecule has 3 aromatic rings. The summed E-state index contributed by atoms with van der Waals surface area (Å²) in [6.07, 6.45) is 4.17. The number of nitrogens with one attached hydrogen (secondary N) is 1. The van der Waals surface area contributed by atoms with Crippen LogP contribution in [-0.4, -0.2) is 41.5 Å². The molecule has 0 saturated carbocycles. The predicted octanol–water partition coefficient (Wildman–Crippen LogP) is 3.77. The summed E-state index contributed by atoms with van der Waals surface area (Å²) in [7, 11) is -3.58. The van der Waals surface area contributed by atoms with Gasteiger partial charge in [-0.1, -0.05) is 18.2 Å². The van der Waals surface area contributed by atoms with Crippen molar-refractivity contribution in [2.75, 3.05) is 18.4 Å². The number of para-hydroxylation sites is 1. The van der Waals surface area contributed by atoms with Crippen molar-refractivity contribution >= 4 is 33.1 Å². The summed E-state index contributed by atoms with van der Waals surface area (Å²) < 4.78 is 29.8. The minimum absolute atomic E-state index is 0.140. The zero-order valence-electron chi connectivity index (χ0n) is 18.0. The van der Waals surface area contributed by atoms with Gasteiger partial charge in [-0.25, -0.2) is 13.1 Å². The number of sulfonamides is 1. The van der Waals surface area contributed by atoms with E-state index in [-0.39, 0.29) is 12.5 Å². The Labute approximate surface area is 192 Å². The third-order valence-electron chi connectivity index (χ3n) is 6.21. The highest BCUT2D eigenvalue weighted by atomic mass is 32.2. The molecule has 0 spiro atoms. The topological polar surface area (TPSA) is 84.3 Å². The smallest absolute Gasteiger partial charge is 0.252 e. The molecule has 1 N–H and O–H groups in total. The Balaban J connectivity index is 1.38. The van der Waals surface area contributed by atoms with Crippen LogP contribution in [0.5, 0.6) is 0 Å². The Kier molecular flexibility index (Phi) is 5.65. The Morgan fingerprint density at radius 1 is 1.12 bits per heavy atom. The summed E-state index contributed by atoms with van der Waals surface area (Å²) in [5.74, 6) is 0.192. The summed E-state index contributed by atoms with van der Waals surface area (Å²) in [4.78, 5) is 14.2. The van der Waals surface area contributed by atoms with E-state index in [1.807, 2.05) is 48.0 Å². The van der Waals surface area contributed by atoms with Crippen molar-refractivity contribution < 1.29 is 13.2 Å². The van der Waals surface area contributed by atoms with Crippen LogP contribution < -0.4 is 5.32 Å². The number of rotatable bonds is 5. The van der Waals surface area contributed by atoms with Crippen molar-refractivity contribution in [2.24, 2.45) is 5.92 Å². The van der Waals surface area contributed by atoms with Gasteiger partial charge in [-0.15, -0.1) is 11.3 Å². The molecule has 7 nitrogen and oxygen atoms in total. The van der Waals surface area contributed by atoms with E-state index in [1.165, 1.54) is 15.6 Å². The number of hydrogen-bond acceptors (Lipinski definition) is 5. The van der Waals surface area contributed by atoms with Crippen LogP contribution in [0.15, 0.2) is 46.7 Å². The van der Waals surface area contributed by atoms with Crippen molar-refractivity contribution in [3.8, 4) is 5.69 Å². The number of aryl methyl sites for hydroxylation is 2. The maximum absolute atomic E-state index is 13.3. The Hall–Kier alpha value is -2.49. The minimum atomic E-state index is -3.58. The average molecular weight is 471 g/mol. The van der Waals surface area contributed by atoms with Crippen molar-refractivity contribution in [3.05, 3.63) is 58.6 Å². The molecular formula is C23H26N4O3S2. The molecule has 168 valence electrons. The largest absolute Gasteiger partial charge is 0.310 e. The highest BCUT2D eigenvalue weighted by Gasteiger charge is 2.35. The van der Waals surface area contributed by atoms with E-state index in [9.17, 15) is 13.2 Å². The zero-order chi connectivity index (χ0) is 22.3. The fraction of sp³-hybridized carbons (Fsp3) is 0.391. The Morgan fingerprint density at radius 3 is 2.69 bits per heavy atom. The lowest BCUT2D eigenvalue weighted by Gasteiger charge is -2.30. The van der Waals surface area contributed by atoms with Gasteiger partial charge in [0.15, 0.2) is 0 Å². The second-order valence-corrected chi connectivity index (χ2v) is 11.9. The molecule has 1 fully saturated rings. The van der Waals surface area contributed by atoms with E-state index in [1.54, 1.807) is 6.07 Å². The summed E-state index contributed by atoms with van der Waals surface area (Å²) in [6, 6.07) is 13.3. The molecule has 3 heterocycles. The number of carbonyl (C=O) groups excluding carboxylic acids is 1. The lowest BCUT2D eigenvalue weighted by Crippen LogP contribution is -2.43. The molecule has 1 atom stereocenters. The van der Waals surface area contributed by atoms with Crippen LogP contribution in [0.2, 0.25) is 0 Å². The van der Waals surface area contributed by atoms with Gasteiger partial charge in [0, 0.05) is 23.5 Å². The quantitative estimate of drug-likeness (QED) is 0.615. The van der Waals surface area contributed by atoms with Crippen LogP contribution in [-0.2, 0) is 27.7 Å². The van der Waals surface area contributed by atoms with Gasteiger partial charge in [-0.3, -0.25) is 4.79 Å². The number of carbonyl (C=O) groups is 1. The first-order valence-corrected chi connectivity index (χ1v) is 13.2. The molecule has 5 rings (SSSR count). The summed E-state index contributed by atoms with van der Waals surface area (Å²) in [6.45, 7) is 2.54. The number of benzene rings is 1. The number of piperidine rings is 1. The number of fused-ring (bicyclic) bond motifs is 1. The van der Waals surface area contributed by atoms with Crippen LogP contribution in [0, 0.1) is 12.8 Å². The van der Waals surface area contributed by atoms with Gasteiger partial charge in [0.25, 0.3) is 10.0 Å².